The molecule has 0 saturated heterocycles. The van der Waals surface area contributed by atoms with Crippen LogP contribution >= 0.6 is 0 Å². The maximum absolute atomic E-state index is 12.2. The Bertz CT molecular complexity index is 356. The normalized spacial score (nSPS) is 10.6. The van der Waals surface area contributed by atoms with Crippen LogP contribution in [0.4, 0.5) is 0 Å². The molecule has 96 valence electrons. The van der Waals surface area contributed by atoms with Crippen molar-refractivity contribution >= 4 is 5.91 Å². The number of aryl methyl sites for hydroxylation is 2. The van der Waals surface area contributed by atoms with Gasteiger partial charge in [0.05, 0.1) is 18.9 Å². The molecular weight excluding hydrogens is 224 g/mol. The summed E-state index contributed by atoms with van der Waals surface area (Å²) in [6.45, 7) is 4.46. The molecule has 1 heterocycles. The van der Waals surface area contributed by atoms with Gasteiger partial charge in [0.15, 0.2) is 0 Å². The lowest BCUT2D eigenvalue weighted by molar-refractivity contribution is 0.0654. The minimum Gasteiger partial charge on any atom is -0.395 e. The molecule has 0 atom stereocenters. The summed E-state index contributed by atoms with van der Waals surface area (Å²) in [7, 11) is 1.57. The number of nitrogens with zero attached hydrogens (tertiary/aromatic N) is 2. The molecule has 0 aliphatic rings. The van der Waals surface area contributed by atoms with Gasteiger partial charge in [-0.3, -0.25) is 4.79 Å². The first kappa shape index (κ1) is 13.7. The first-order valence-corrected chi connectivity index (χ1v) is 5.43. The van der Waals surface area contributed by atoms with Crippen LogP contribution in [0.1, 0.15) is 21.8 Å². The predicted molar refractivity (Wildman–Crippen MR) is 60.8 cm³/mol. The van der Waals surface area contributed by atoms with E-state index in [-0.39, 0.29) is 19.1 Å². The van der Waals surface area contributed by atoms with Crippen molar-refractivity contribution in [1.29, 1.82) is 0 Å². The average Bonchev–Trinajstić information content (AvgIpc) is 2.63. The zero-order valence-electron chi connectivity index (χ0n) is 10.4. The Morgan fingerprint density at radius 2 is 2.18 bits per heavy atom. The molecule has 1 N–H and O–H groups in total. The number of ether oxygens (including phenoxy) is 1. The lowest BCUT2D eigenvalue weighted by Gasteiger charge is -2.21. The monoisotopic (exact) mass is 242 g/mol. The number of aromatic nitrogens is 1. The first-order chi connectivity index (χ1) is 8.11. The second-order valence-corrected chi connectivity index (χ2v) is 3.71. The smallest absolute Gasteiger partial charge is 0.259 e. The number of hydrogen-bond acceptors (Lipinski definition) is 5. The Balaban J connectivity index is 2.83. The van der Waals surface area contributed by atoms with Crippen molar-refractivity contribution in [2.75, 3.05) is 33.4 Å². The first-order valence-electron chi connectivity index (χ1n) is 5.43. The molecule has 0 saturated carbocycles. The van der Waals surface area contributed by atoms with Crippen LogP contribution in [0.5, 0.6) is 0 Å². The minimum atomic E-state index is -0.188. The summed E-state index contributed by atoms with van der Waals surface area (Å²) in [5.41, 5.74) is 1.03. The van der Waals surface area contributed by atoms with Crippen molar-refractivity contribution in [3.8, 4) is 0 Å². The SMILES string of the molecule is COCCN(CCO)C(=O)c1c(C)noc1C. The highest BCUT2D eigenvalue weighted by Gasteiger charge is 2.22. The lowest BCUT2D eigenvalue weighted by atomic mass is 10.2. The molecule has 1 rings (SSSR count). The Labute approximate surface area is 100 Å². The van der Waals surface area contributed by atoms with Gasteiger partial charge in [0.1, 0.15) is 11.3 Å². The summed E-state index contributed by atoms with van der Waals surface area (Å²) in [6.07, 6.45) is 0. The molecule has 17 heavy (non-hydrogen) atoms. The third kappa shape index (κ3) is 3.28. The molecule has 0 fully saturated rings. The molecular formula is C11H18N2O4. The van der Waals surface area contributed by atoms with Crippen molar-refractivity contribution in [1.82, 2.24) is 10.1 Å². The standard InChI is InChI=1S/C11H18N2O4/c1-8-10(9(2)17-12-8)11(15)13(4-6-14)5-7-16-3/h14H,4-7H2,1-3H3. The number of aliphatic hydroxyl groups excluding tert-OH is 1. The molecule has 0 aromatic carbocycles. The number of rotatable bonds is 6. The minimum absolute atomic E-state index is 0.0845. The zero-order valence-corrected chi connectivity index (χ0v) is 10.4. The second-order valence-electron chi connectivity index (χ2n) is 3.71. The van der Waals surface area contributed by atoms with Crippen LogP contribution in [0.25, 0.3) is 0 Å². The fourth-order valence-electron chi connectivity index (χ4n) is 1.58. The summed E-state index contributed by atoms with van der Waals surface area (Å²) >= 11 is 0. The number of carbonyl (C=O) groups excluding carboxylic acids is 1. The fraction of sp³-hybridized carbons (Fsp3) is 0.636. The van der Waals surface area contributed by atoms with Crippen LogP contribution in [-0.2, 0) is 4.74 Å². The van der Waals surface area contributed by atoms with Crippen molar-refractivity contribution in [3.05, 3.63) is 17.0 Å². The van der Waals surface area contributed by atoms with E-state index in [9.17, 15) is 4.79 Å². The van der Waals surface area contributed by atoms with Gasteiger partial charge in [-0.1, -0.05) is 5.16 Å². The highest BCUT2D eigenvalue weighted by Crippen LogP contribution is 2.14. The van der Waals surface area contributed by atoms with Crippen molar-refractivity contribution in [2.45, 2.75) is 13.8 Å². The molecule has 0 aliphatic carbocycles. The van der Waals surface area contributed by atoms with Crippen LogP contribution in [-0.4, -0.2) is 54.5 Å². The highest BCUT2D eigenvalue weighted by molar-refractivity contribution is 5.96. The topological polar surface area (TPSA) is 75.8 Å². The van der Waals surface area contributed by atoms with Gasteiger partial charge in [-0.2, -0.15) is 0 Å². The molecule has 0 radical (unpaired) electrons. The summed E-state index contributed by atoms with van der Waals surface area (Å²) < 4.78 is 9.89. The van der Waals surface area contributed by atoms with E-state index in [0.29, 0.717) is 30.2 Å². The molecule has 0 unspecified atom stereocenters. The predicted octanol–water partition coefficient (Wildman–Crippen LogP) is 0.372. The second kappa shape index (κ2) is 6.36. The molecule has 1 aromatic heterocycles. The van der Waals surface area contributed by atoms with Gasteiger partial charge in [0, 0.05) is 20.2 Å². The Hall–Kier alpha value is -1.40. The van der Waals surface area contributed by atoms with E-state index in [4.69, 9.17) is 14.4 Å². The molecule has 0 spiro atoms. The quantitative estimate of drug-likeness (QED) is 0.780. The number of aliphatic hydroxyl groups is 1. The maximum atomic E-state index is 12.2. The van der Waals surface area contributed by atoms with Crippen molar-refractivity contribution in [2.24, 2.45) is 0 Å². The number of carbonyl (C=O) groups is 1. The Morgan fingerprint density at radius 3 is 2.65 bits per heavy atom. The van der Waals surface area contributed by atoms with Gasteiger partial charge in [0.2, 0.25) is 0 Å². The molecule has 1 aromatic rings. The molecule has 6 heteroatoms. The van der Waals surface area contributed by atoms with Crippen molar-refractivity contribution < 1.29 is 19.2 Å². The lowest BCUT2D eigenvalue weighted by Crippen LogP contribution is -2.36. The Morgan fingerprint density at radius 1 is 1.47 bits per heavy atom. The van der Waals surface area contributed by atoms with E-state index in [2.05, 4.69) is 5.16 Å². The van der Waals surface area contributed by atoms with E-state index >= 15 is 0 Å². The van der Waals surface area contributed by atoms with Crippen LogP contribution in [0.3, 0.4) is 0 Å². The summed E-state index contributed by atoms with van der Waals surface area (Å²) in [6, 6.07) is 0. The van der Waals surface area contributed by atoms with Gasteiger partial charge in [-0.15, -0.1) is 0 Å². The average molecular weight is 242 g/mol. The van der Waals surface area contributed by atoms with E-state index in [1.165, 1.54) is 4.90 Å². The van der Waals surface area contributed by atoms with Gasteiger partial charge in [0.25, 0.3) is 5.91 Å². The summed E-state index contributed by atoms with van der Waals surface area (Å²) in [4.78, 5) is 13.7. The van der Waals surface area contributed by atoms with Gasteiger partial charge in [-0.05, 0) is 13.8 Å². The van der Waals surface area contributed by atoms with Crippen molar-refractivity contribution in [3.63, 3.8) is 0 Å². The number of methoxy groups -OCH3 is 1. The molecule has 0 aliphatic heterocycles. The fourth-order valence-corrected chi connectivity index (χ4v) is 1.58. The highest BCUT2D eigenvalue weighted by atomic mass is 16.5. The third-order valence-corrected chi connectivity index (χ3v) is 2.47. The molecule has 6 nitrogen and oxygen atoms in total. The van der Waals surface area contributed by atoms with E-state index < -0.39 is 0 Å². The molecule has 1 amide bonds. The van der Waals surface area contributed by atoms with Crippen LogP contribution in [0.2, 0.25) is 0 Å². The van der Waals surface area contributed by atoms with E-state index in [0.717, 1.165) is 0 Å². The summed E-state index contributed by atoms with van der Waals surface area (Å²) in [5, 5.41) is 12.7. The van der Waals surface area contributed by atoms with Gasteiger partial charge >= 0.3 is 0 Å². The number of hydrogen-bond donors (Lipinski definition) is 1. The molecule has 0 bridgehead atoms. The van der Waals surface area contributed by atoms with Crippen LogP contribution in [0.15, 0.2) is 4.52 Å². The van der Waals surface area contributed by atoms with E-state index in [1.54, 1.807) is 21.0 Å². The maximum Gasteiger partial charge on any atom is 0.259 e. The van der Waals surface area contributed by atoms with Gasteiger partial charge < -0.3 is 19.3 Å². The summed E-state index contributed by atoms with van der Waals surface area (Å²) in [5.74, 6) is 0.306. The zero-order chi connectivity index (χ0) is 12.8. The third-order valence-electron chi connectivity index (χ3n) is 2.47. The van der Waals surface area contributed by atoms with Crippen LogP contribution in [0, 0.1) is 13.8 Å². The number of amides is 1. The van der Waals surface area contributed by atoms with Crippen LogP contribution < -0.4 is 0 Å². The van der Waals surface area contributed by atoms with E-state index in [1.807, 2.05) is 0 Å². The largest absolute Gasteiger partial charge is 0.395 e. The van der Waals surface area contributed by atoms with Gasteiger partial charge in [-0.25, -0.2) is 0 Å². The Kier molecular flexibility index (Phi) is 5.11.